The Morgan fingerprint density at radius 2 is 2.03 bits per heavy atom. The number of allylic oxidation sites excluding steroid dienone is 1. The van der Waals surface area contributed by atoms with Gasteiger partial charge in [0.25, 0.3) is 0 Å². The number of halogens is 1. The number of hydrogen-bond acceptors (Lipinski definition) is 5. The SMILES string of the molecule is CCOc1ccc([C@]2(O)CSC3=C(C#N)[C@H](c4ccccc4F)CC(=O)N32)cc1. The highest BCUT2D eigenvalue weighted by Crippen LogP contribution is 2.52. The second-order valence-corrected chi connectivity index (χ2v) is 7.86. The molecule has 148 valence electrons. The van der Waals surface area contributed by atoms with Crippen molar-refractivity contribution in [2.75, 3.05) is 12.4 Å². The molecule has 2 heterocycles. The van der Waals surface area contributed by atoms with E-state index in [1.54, 1.807) is 42.5 Å². The minimum Gasteiger partial charge on any atom is -0.494 e. The second kappa shape index (κ2) is 7.54. The Labute approximate surface area is 172 Å². The largest absolute Gasteiger partial charge is 0.494 e. The van der Waals surface area contributed by atoms with Crippen LogP contribution in [0.4, 0.5) is 4.39 Å². The summed E-state index contributed by atoms with van der Waals surface area (Å²) in [4.78, 5) is 14.3. The van der Waals surface area contributed by atoms with E-state index in [0.717, 1.165) is 0 Å². The van der Waals surface area contributed by atoms with E-state index in [1.807, 2.05) is 6.92 Å². The third-order valence-electron chi connectivity index (χ3n) is 5.22. The van der Waals surface area contributed by atoms with Gasteiger partial charge in [-0.25, -0.2) is 4.39 Å². The third kappa shape index (κ3) is 3.18. The summed E-state index contributed by atoms with van der Waals surface area (Å²) in [5, 5.41) is 21.6. The predicted octanol–water partition coefficient (Wildman–Crippen LogP) is 3.87. The third-order valence-corrected chi connectivity index (χ3v) is 6.44. The molecule has 2 aromatic carbocycles. The maximum atomic E-state index is 14.3. The molecule has 7 heteroatoms. The average Bonchev–Trinajstić information content (AvgIpc) is 3.08. The molecule has 0 aromatic heterocycles. The summed E-state index contributed by atoms with van der Waals surface area (Å²) in [6.45, 7) is 2.41. The fourth-order valence-corrected chi connectivity index (χ4v) is 5.21. The van der Waals surface area contributed by atoms with Crippen LogP contribution in [0, 0.1) is 17.1 Å². The number of nitriles is 1. The standard InChI is InChI=1S/C22H19FN2O3S/c1-2-28-15-9-7-14(8-10-15)22(27)13-29-21-18(12-24)17(11-20(26)25(21)22)16-5-3-4-6-19(16)23/h3-10,17,27H,2,11,13H2,1H3/t17-,22+/m0/s1. The van der Waals surface area contributed by atoms with Crippen molar-refractivity contribution in [2.45, 2.75) is 25.0 Å². The number of carbonyl (C=O) groups is 1. The van der Waals surface area contributed by atoms with Gasteiger partial charge in [0, 0.05) is 17.9 Å². The van der Waals surface area contributed by atoms with Crippen LogP contribution < -0.4 is 4.74 Å². The van der Waals surface area contributed by atoms with Crippen LogP contribution in [-0.2, 0) is 10.5 Å². The van der Waals surface area contributed by atoms with Crippen LogP contribution in [0.25, 0.3) is 0 Å². The summed E-state index contributed by atoms with van der Waals surface area (Å²) < 4.78 is 19.8. The van der Waals surface area contributed by atoms with E-state index in [-0.39, 0.29) is 18.1 Å². The Kier molecular flexibility index (Phi) is 5.07. The highest BCUT2D eigenvalue weighted by molar-refractivity contribution is 8.03. The van der Waals surface area contributed by atoms with Crippen molar-refractivity contribution < 1.29 is 19.0 Å². The van der Waals surface area contributed by atoms with E-state index < -0.39 is 17.5 Å². The Morgan fingerprint density at radius 3 is 2.69 bits per heavy atom. The highest BCUT2D eigenvalue weighted by Gasteiger charge is 2.52. The molecule has 2 aliphatic heterocycles. The molecule has 1 fully saturated rings. The monoisotopic (exact) mass is 410 g/mol. The molecule has 4 rings (SSSR count). The summed E-state index contributed by atoms with van der Waals surface area (Å²) in [6.07, 6.45) is -0.0762. The van der Waals surface area contributed by atoms with Gasteiger partial charge in [0.1, 0.15) is 11.6 Å². The summed E-state index contributed by atoms with van der Waals surface area (Å²) in [6, 6.07) is 15.3. The van der Waals surface area contributed by atoms with E-state index >= 15 is 0 Å². The molecule has 0 aliphatic carbocycles. The van der Waals surface area contributed by atoms with Gasteiger partial charge in [-0.05, 0) is 30.7 Å². The predicted molar refractivity (Wildman–Crippen MR) is 107 cm³/mol. The lowest BCUT2D eigenvalue weighted by molar-refractivity contribution is -0.149. The van der Waals surface area contributed by atoms with Crippen LogP contribution in [0.1, 0.15) is 30.4 Å². The molecule has 0 spiro atoms. The van der Waals surface area contributed by atoms with Gasteiger partial charge in [0.2, 0.25) is 5.91 Å². The number of carbonyl (C=O) groups excluding carboxylic acids is 1. The Balaban J connectivity index is 1.76. The van der Waals surface area contributed by atoms with E-state index in [1.165, 1.54) is 22.7 Å². The first kappa shape index (κ1) is 19.5. The molecule has 2 aromatic rings. The number of hydrogen-bond donors (Lipinski definition) is 1. The maximum Gasteiger partial charge on any atom is 0.231 e. The summed E-state index contributed by atoms with van der Waals surface area (Å²) in [5.41, 5.74) is -0.397. The van der Waals surface area contributed by atoms with Crippen molar-refractivity contribution in [1.82, 2.24) is 4.90 Å². The number of rotatable bonds is 4. The minimum absolute atomic E-state index is 0.0762. The zero-order valence-electron chi connectivity index (χ0n) is 15.8. The zero-order valence-corrected chi connectivity index (χ0v) is 16.6. The molecule has 5 nitrogen and oxygen atoms in total. The molecule has 1 saturated heterocycles. The van der Waals surface area contributed by atoms with Crippen molar-refractivity contribution >= 4 is 17.7 Å². The van der Waals surface area contributed by atoms with Crippen molar-refractivity contribution in [3.63, 3.8) is 0 Å². The van der Waals surface area contributed by atoms with Crippen LogP contribution in [0.5, 0.6) is 5.75 Å². The number of amides is 1. The highest BCUT2D eigenvalue weighted by atomic mass is 32.2. The van der Waals surface area contributed by atoms with Gasteiger partial charge in [-0.2, -0.15) is 5.26 Å². The minimum atomic E-state index is -1.57. The number of ether oxygens (including phenoxy) is 1. The molecule has 0 radical (unpaired) electrons. The Hall–Kier alpha value is -2.82. The number of aliphatic hydroxyl groups is 1. The van der Waals surface area contributed by atoms with Crippen LogP contribution in [0.3, 0.4) is 0 Å². The molecule has 1 amide bonds. The van der Waals surface area contributed by atoms with E-state index in [0.29, 0.717) is 34.1 Å². The quantitative estimate of drug-likeness (QED) is 0.828. The molecule has 29 heavy (non-hydrogen) atoms. The van der Waals surface area contributed by atoms with Gasteiger partial charge in [0.05, 0.1) is 29.0 Å². The topological polar surface area (TPSA) is 73.6 Å². The van der Waals surface area contributed by atoms with E-state index in [2.05, 4.69) is 6.07 Å². The van der Waals surface area contributed by atoms with Gasteiger partial charge in [-0.1, -0.05) is 30.3 Å². The fourth-order valence-electron chi connectivity index (χ4n) is 3.85. The number of fused-ring (bicyclic) bond motifs is 1. The number of benzene rings is 2. The Morgan fingerprint density at radius 1 is 1.31 bits per heavy atom. The summed E-state index contributed by atoms with van der Waals surface area (Å²) in [7, 11) is 0. The summed E-state index contributed by atoms with van der Waals surface area (Å²) in [5.74, 6) is -0.582. The van der Waals surface area contributed by atoms with Gasteiger partial charge >= 0.3 is 0 Å². The van der Waals surface area contributed by atoms with Crippen molar-refractivity contribution in [3.8, 4) is 11.8 Å². The molecular weight excluding hydrogens is 391 g/mol. The van der Waals surface area contributed by atoms with Gasteiger partial charge in [-0.3, -0.25) is 9.69 Å². The first-order valence-electron chi connectivity index (χ1n) is 9.30. The lowest BCUT2D eigenvalue weighted by Crippen LogP contribution is -2.48. The van der Waals surface area contributed by atoms with Crippen LogP contribution in [0.15, 0.2) is 59.1 Å². The van der Waals surface area contributed by atoms with Crippen LogP contribution in [0.2, 0.25) is 0 Å². The molecule has 2 atom stereocenters. The first-order valence-corrected chi connectivity index (χ1v) is 10.3. The molecule has 0 bridgehead atoms. The van der Waals surface area contributed by atoms with Crippen molar-refractivity contribution in [3.05, 3.63) is 76.1 Å². The van der Waals surface area contributed by atoms with Crippen LogP contribution in [-0.4, -0.2) is 28.3 Å². The van der Waals surface area contributed by atoms with Crippen molar-refractivity contribution in [2.24, 2.45) is 0 Å². The lowest BCUT2D eigenvalue weighted by Gasteiger charge is -2.38. The van der Waals surface area contributed by atoms with Crippen LogP contribution >= 0.6 is 11.8 Å². The number of thioether (sulfide) groups is 1. The van der Waals surface area contributed by atoms with Crippen molar-refractivity contribution in [1.29, 1.82) is 5.26 Å². The summed E-state index contributed by atoms with van der Waals surface area (Å²) >= 11 is 1.24. The maximum absolute atomic E-state index is 14.3. The Bertz CT molecular complexity index is 1030. The molecule has 0 saturated carbocycles. The average molecular weight is 410 g/mol. The van der Waals surface area contributed by atoms with Gasteiger partial charge in [0.15, 0.2) is 5.72 Å². The number of nitrogens with zero attached hydrogens (tertiary/aromatic N) is 2. The zero-order chi connectivity index (χ0) is 20.6. The normalized spacial score (nSPS) is 23.7. The molecule has 0 unspecified atom stereocenters. The lowest BCUT2D eigenvalue weighted by atomic mass is 9.85. The van der Waals surface area contributed by atoms with E-state index in [9.17, 15) is 19.6 Å². The van der Waals surface area contributed by atoms with E-state index in [4.69, 9.17) is 4.74 Å². The smallest absolute Gasteiger partial charge is 0.231 e. The second-order valence-electron chi connectivity index (χ2n) is 6.90. The van der Waals surface area contributed by atoms with Gasteiger partial charge in [-0.15, -0.1) is 11.8 Å². The fraction of sp³-hybridized carbons (Fsp3) is 0.273. The molecule has 2 aliphatic rings. The first-order chi connectivity index (χ1) is 14.0. The molecule has 1 N–H and O–H groups in total. The van der Waals surface area contributed by atoms with Gasteiger partial charge < -0.3 is 9.84 Å². The molecular formula is C22H19FN2O3S.